The van der Waals surface area contributed by atoms with Crippen LogP contribution < -0.4 is 5.11 Å². The van der Waals surface area contributed by atoms with Gasteiger partial charge >= 0.3 is 11.9 Å². The van der Waals surface area contributed by atoms with E-state index in [4.69, 9.17) is 14.2 Å². The summed E-state index contributed by atoms with van der Waals surface area (Å²) < 4.78 is 17.3. The topological polar surface area (TPSA) is 102 Å². The van der Waals surface area contributed by atoms with E-state index >= 15 is 0 Å². The van der Waals surface area contributed by atoms with Crippen LogP contribution in [0.15, 0.2) is 60.8 Å². The number of quaternary nitrogens is 1. The first-order chi connectivity index (χ1) is 32.6. The molecule has 2 unspecified atom stereocenters. The summed E-state index contributed by atoms with van der Waals surface area (Å²) in [6, 6.07) is -0.732. The number of carbonyl (C=O) groups excluding carboxylic acids is 3. The van der Waals surface area contributed by atoms with E-state index in [1.54, 1.807) is 21.1 Å². The molecule has 0 aromatic rings. The van der Waals surface area contributed by atoms with Crippen LogP contribution in [0.2, 0.25) is 0 Å². The van der Waals surface area contributed by atoms with Crippen LogP contribution in [0.5, 0.6) is 0 Å². The molecule has 0 fully saturated rings. The fourth-order valence-electron chi connectivity index (χ4n) is 8.16. The summed E-state index contributed by atoms with van der Waals surface area (Å²) in [5, 5.41) is 11.7. The lowest BCUT2D eigenvalue weighted by molar-refractivity contribution is -0.889. The van der Waals surface area contributed by atoms with Gasteiger partial charge in [-0.05, 0) is 57.8 Å². The number of likely N-dealkylation sites (N-methyl/N-ethyl adjacent to an activating group) is 1. The van der Waals surface area contributed by atoms with E-state index in [2.05, 4.69) is 74.6 Å². The number of hydrogen-bond acceptors (Lipinski definition) is 7. The maximum atomic E-state index is 12.8. The number of carboxylic acid groups (broad SMARTS) is 1. The van der Waals surface area contributed by atoms with Crippen LogP contribution in [0.3, 0.4) is 0 Å². The third-order valence-electron chi connectivity index (χ3n) is 12.4. The Morgan fingerprint density at radius 3 is 1.24 bits per heavy atom. The predicted molar refractivity (Wildman–Crippen MR) is 282 cm³/mol. The second-order valence-electron chi connectivity index (χ2n) is 19.8. The van der Waals surface area contributed by atoms with Gasteiger partial charge in [0.2, 0.25) is 0 Å². The average molecular weight is 940 g/mol. The molecule has 0 aliphatic rings. The molecule has 0 amide bonds. The van der Waals surface area contributed by atoms with Crippen LogP contribution in [-0.2, 0) is 28.6 Å². The van der Waals surface area contributed by atoms with Crippen molar-refractivity contribution in [2.45, 2.75) is 257 Å². The molecule has 2 atom stereocenters. The van der Waals surface area contributed by atoms with Crippen molar-refractivity contribution in [3.63, 3.8) is 0 Å². The first kappa shape index (κ1) is 64.0. The van der Waals surface area contributed by atoms with E-state index < -0.39 is 18.1 Å². The van der Waals surface area contributed by atoms with Crippen molar-refractivity contribution < 1.29 is 38.2 Å². The summed E-state index contributed by atoms with van der Waals surface area (Å²) in [5.41, 5.74) is 0. The molecule has 0 rings (SSSR count). The number of carbonyl (C=O) groups is 3. The summed E-state index contributed by atoms with van der Waals surface area (Å²) in [4.78, 5) is 37.1. The number of hydrogen-bond donors (Lipinski definition) is 0. The van der Waals surface area contributed by atoms with Crippen molar-refractivity contribution >= 4 is 17.9 Å². The molecular weight excluding hydrogens is 835 g/mol. The van der Waals surface area contributed by atoms with E-state index in [1.807, 2.05) is 0 Å². The Balaban J connectivity index is 4.21. The molecule has 8 nitrogen and oxygen atoms in total. The molecule has 0 heterocycles. The number of allylic oxidation sites excluding steroid dienone is 10. The van der Waals surface area contributed by atoms with Crippen molar-refractivity contribution in [1.29, 1.82) is 0 Å². The number of carboxylic acids is 1. The Bertz CT molecular complexity index is 1280. The summed E-state index contributed by atoms with van der Waals surface area (Å²) in [7, 11) is 5.41. The van der Waals surface area contributed by atoms with Gasteiger partial charge in [-0.1, -0.05) is 229 Å². The second-order valence-corrected chi connectivity index (χ2v) is 19.8. The number of esters is 2. The Hall–Kier alpha value is -2.97. The lowest BCUT2D eigenvalue weighted by atomic mass is 10.0. The molecule has 0 aliphatic heterocycles. The number of rotatable bonds is 50. The smallest absolute Gasteiger partial charge is 0.306 e. The minimum absolute atomic E-state index is 0.0329. The first-order valence-corrected chi connectivity index (χ1v) is 27.8. The van der Waals surface area contributed by atoms with Crippen LogP contribution in [0.25, 0.3) is 0 Å². The number of ether oxygens (including phenoxy) is 3. The summed E-state index contributed by atoms with van der Waals surface area (Å²) >= 11 is 0. The fourth-order valence-corrected chi connectivity index (χ4v) is 8.16. The zero-order valence-electron chi connectivity index (χ0n) is 44.3. The lowest BCUT2D eigenvalue weighted by Gasteiger charge is -2.34. The van der Waals surface area contributed by atoms with Gasteiger partial charge in [0.1, 0.15) is 12.6 Å². The molecule has 8 heteroatoms. The van der Waals surface area contributed by atoms with Crippen molar-refractivity contribution in [2.24, 2.45) is 0 Å². The van der Waals surface area contributed by atoms with E-state index in [-0.39, 0.29) is 42.7 Å². The maximum absolute atomic E-state index is 12.8. The lowest BCUT2D eigenvalue weighted by Crippen LogP contribution is -2.55. The zero-order chi connectivity index (χ0) is 49.2. The van der Waals surface area contributed by atoms with Crippen molar-refractivity contribution in [3.05, 3.63) is 60.8 Å². The van der Waals surface area contributed by atoms with E-state index in [9.17, 15) is 19.5 Å². The number of aliphatic carboxylic acids is 1. The molecule has 67 heavy (non-hydrogen) atoms. The minimum Gasteiger partial charge on any atom is -0.544 e. The van der Waals surface area contributed by atoms with Gasteiger partial charge in [-0.25, -0.2) is 0 Å². The van der Waals surface area contributed by atoms with Gasteiger partial charge in [-0.2, -0.15) is 0 Å². The van der Waals surface area contributed by atoms with Crippen LogP contribution in [0.1, 0.15) is 245 Å². The quantitative estimate of drug-likeness (QED) is 0.0259. The van der Waals surface area contributed by atoms with Crippen molar-refractivity contribution in [1.82, 2.24) is 0 Å². The Kier molecular flexibility index (Phi) is 47.3. The first-order valence-electron chi connectivity index (χ1n) is 27.8. The number of unbranched alkanes of at least 4 members (excludes halogenated alkanes) is 26. The molecule has 0 N–H and O–H groups in total. The SMILES string of the molecule is CC/C=C/C/C=C/C/C=C/C/C=C/C/C=C/CCCCCCC(=O)OCC(COCCC(C(=O)[O-])[N+](C)(C)C)OC(=O)CCCCCCCCCCCCCCCCCCCCCCCCC. The maximum Gasteiger partial charge on any atom is 0.306 e. The van der Waals surface area contributed by atoms with E-state index in [0.29, 0.717) is 12.8 Å². The van der Waals surface area contributed by atoms with Gasteiger partial charge in [-0.3, -0.25) is 9.59 Å². The van der Waals surface area contributed by atoms with Gasteiger partial charge in [-0.15, -0.1) is 0 Å². The molecular formula is C59H105NO7. The van der Waals surface area contributed by atoms with Crippen molar-refractivity contribution in [2.75, 3.05) is 41.0 Å². The third kappa shape index (κ3) is 47.9. The standard InChI is InChI=1S/C59H105NO7/c1-6-8-10-12-14-16-18-20-22-24-26-28-29-30-32-34-36-38-40-42-44-46-48-50-58(62)67-55(53-65-52-51-56(59(63)64)60(3,4)5)54-66-57(61)49-47-45-43-41-39-37-35-33-31-27-25-23-21-19-17-15-13-11-9-7-2/h9,11,15,17,21,23,27,31,35,37,55-56H,6-8,10,12-14,16,18-20,22,24-26,28-30,32-34,36,38-54H2,1-5H3/b11-9+,17-15+,23-21+,31-27+,37-35+. The van der Waals surface area contributed by atoms with Gasteiger partial charge in [0.25, 0.3) is 0 Å². The summed E-state index contributed by atoms with van der Waals surface area (Å²) in [5.74, 6) is -1.76. The second kappa shape index (κ2) is 49.5. The van der Waals surface area contributed by atoms with Crippen LogP contribution in [0.4, 0.5) is 0 Å². The van der Waals surface area contributed by atoms with Crippen LogP contribution in [0, 0.1) is 0 Å². The molecule has 0 bridgehead atoms. The van der Waals surface area contributed by atoms with E-state index in [1.165, 1.54) is 128 Å². The summed E-state index contributed by atoms with van der Waals surface area (Å²) in [6.45, 7) is 4.56. The average Bonchev–Trinajstić information content (AvgIpc) is 3.29. The molecule has 0 radical (unpaired) electrons. The zero-order valence-corrected chi connectivity index (χ0v) is 44.3. The number of nitrogens with zero attached hydrogens (tertiary/aromatic N) is 1. The molecule has 0 aromatic carbocycles. The molecule has 0 saturated carbocycles. The minimum atomic E-state index is -1.13. The Morgan fingerprint density at radius 2 is 0.836 bits per heavy atom. The highest BCUT2D eigenvalue weighted by Gasteiger charge is 2.25. The van der Waals surface area contributed by atoms with Gasteiger partial charge in [0.15, 0.2) is 6.10 Å². The highest BCUT2D eigenvalue weighted by Crippen LogP contribution is 2.17. The Morgan fingerprint density at radius 1 is 0.463 bits per heavy atom. The highest BCUT2D eigenvalue weighted by atomic mass is 16.6. The molecule has 0 aromatic heterocycles. The monoisotopic (exact) mass is 940 g/mol. The van der Waals surface area contributed by atoms with E-state index in [0.717, 1.165) is 83.5 Å². The molecule has 0 aliphatic carbocycles. The van der Waals surface area contributed by atoms with Gasteiger partial charge in [0.05, 0.1) is 40.3 Å². The molecule has 0 spiro atoms. The Labute approximate surface area is 413 Å². The highest BCUT2D eigenvalue weighted by molar-refractivity contribution is 5.70. The summed E-state index contributed by atoms with van der Waals surface area (Å²) in [6.07, 6.45) is 62.6. The predicted octanol–water partition coefficient (Wildman–Crippen LogP) is 15.1. The van der Waals surface area contributed by atoms with Crippen LogP contribution in [-0.4, -0.2) is 75.5 Å². The van der Waals surface area contributed by atoms with Gasteiger partial charge < -0.3 is 28.6 Å². The van der Waals surface area contributed by atoms with Crippen LogP contribution >= 0.6 is 0 Å². The van der Waals surface area contributed by atoms with Crippen molar-refractivity contribution in [3.8, 4) is 0 Å². The largest absolute Gasteiger partial charge is 0.544 e. The normalized spacial score (nSPS) is 13.3. The van der Waals surface area contributed by atoms with Gasteiger partial charge in [0, 0.05) is 19.3 Å². The third-order valence-corrected chi connectivity index (χ3v) is 12.4. The molecule has 388 valence electrons. The fraction of sp³-hybridized carbons (Fsp3) is 0.780. The molecule has 0 saturated heterocycles.